The van der Waals surface area contributed by atoms with Crippen molar-refractivity contribution in [3.63, 3.8) is 0 Å². The van der Waals surface area contributed by atoms with Gasteiger partial charge in [0.15, 0.2) is 0 Å². The number of halogens is 2. The first-order valence-electron chi connectivity index (χ1n) is 4.55. The molecule has 1 aliphatic rings. The molecule has 0 aromatic heterocycles. The molecule has 2 rings (SSSR count). The zero-order chi connectivity index (χ0) is 11.8. The zero-order valence-corrected chi connectivity index (χ0v) is 11.3. The number of benzene rings is 1. The summed E-state index contributed by atoms with van der Waals surface area (Å²) >= 11 is 13.4. The van der Waals surface area contributed by atoms with Gasteiger partial charge < -0.3 is 0 Å². The Kier molecular flexibility index (Phi) is 3.71. The van der Waals surface area contributed by atoms with E-state index in [-0.39, 0.29) is 14.9 Å². The van der Waals surface area contributed by atoms with Crippen LogP contribution in [0.25, 0.3) is 0 Å². The number of thioether (sulfide) groups is 1. The Hall–Kier alpha value is 0.0600. The normalized spacial score (nSPS) is 17.9. The van der Waals surface area contributed by atoms with Crippen LogP contribution in [-0.2, 0) is 10.0 Å². The summed E-state index contributed by atoms with van der Waals surface area (Å²) in [6.07, 6.45) is 0. The van der Waals surface area contributed by atoms with Crippen LogP contribution in [0.3, 0.4) is 0 Å². The molecular weight excluding hydrogens is 289 g/mol. The van der Waals surface area contributed by atoms with Crippen LogP contribution in [0.4, 0.5) is 0 Å². The van der Waals surface area contributed by atoms with Gasteiger partial charge in [-0.25, -0.2) is 8.42 Å². The van der Waals surface area contributed by atoms with Gasteiger partial charge in [0.25, 0.3) is 0 Å². The molecule has 3 nitrogen and oxygen atoms in total. The van der Waals surface area contributed by atoms with Crippen molar-refractivity contribution in [3.8, 4) is 0 Å². The van der Waals surface area contributed by atoms with E-state index >= 15 is 0 Å². The van der Waals surface area contributed by atoms with Crippen molar-refractivity contribution in [2.24, 2.45) is 0 Å². The number of hydrogen-bond donors (Lipinski definition) is 0. The largest absolute Gasteiger partial charge is 0.246 e. The van der Waals surface area contributed by atoms with Crippen molar-refractivity contribution in [2.45, 2.75) is 4.90 Å². The second kappa shape index (κ2) is 4.74. The third kappa shape index (κ3) is 2.19. The highest BCUT2D eigenvalue weighted by Crippen LogP contribution is 2.33. The fourth-order valence-corrected chi connectivity index (χ4v) is 5.35. The van der Waals surface area contributed by atoms with Gasteiger partial charge in [-0.05, 0) is 12.1 Å². The summed E-state index contributed by atoms with van der Waals surface area (Å²) in [6.45, 7) is 0.508. The molecule has 0 saturated carbocycles. The van der Waals surface area contributed by atoms with Crippen LogP contribution in [0, 0.1) is 0 Å². The van der Waals surface area contributed by atoms with E-state index in [1.54, 1.807) is 17.8 Å². The van der Waals surface area contributed by atoms with Gasteiger partial charge >= 0.3 is 0 Å². The van der Waals surface area contributed by atoms with Gasteiger partial charge in [0.2, 0.25) is 10.0 Å². The van der Waals surface area contributed by atoms with Gasteiger partial charge in [-0.3, -0.25) is 0 Å². The molecule has 1 fully saturated rings. The van der Waals surface area contributed by atoms with Gasteiger partial charge in [-0.15, -0.1) is 11.8 Å². The van der Waals surface area contributed by atoms with Gasteiger partial charge in [0, 0.05) is 12.3 Å². The fourth-order valence-electron chi connectivity index (χ4n) is 1.44. The predicted octanol–water partition coefficient (Wildman–Crippen LogP) is 2.69. The van der Waals surface area contributed by atoms with Crippen LogP contribution in [0.2, 0.25) is 10.0 Å². The third-order valence-corrected chi connectivity index (χ3v) is 6.17. The van der Waals surface area contributed by atoms with E-state index in [9.17, 15) is 8.42 Å². The maximum Gasteiger partial charge on any atom is 0.246 e. The molecule has 7 heteroatoms. The Bertz CT molecular complexity index is 478. The summed E-state index contributed by atoms with van der Waals surface area (Å²) in [4.78, 5) is 0.0147. The van der Waals surface area contributed by atoms with Gasteiger partial charge in [0.05, 0.1) is 15.9 Å². The zero-order valence-electron chi connectivity index (χ0n) is 8.19. The lowest BCUT2D eigenvalue weighted by molar-refractivity contribution is 0.489. The maximum absolute atomic E-state index is 12.2. The topological polar surface area (TPSA) is 37.4 Å². The van der Waals surface area contributed by atoms with E-state index in [1.807, 2.05) is 0 Å². The second-order valence-corrected chi connectivity index (χ2v) is 7.03. The Morgan fingerprint density at radius 2 is 1.88 bits per heavy atom. The predicted molar refractivity (Wildman–Crippen MR) is 67.7 cm³/mol. The number of nitrogens with zero attached hydrogens (tertiary/aromatic N) is 1. The standard InChI is InChI=1S/C9H9Cl2NO2S2/c10-7-2-1-3-8(11)9(7)16(13,14)12-4-5-15-6-12/h1-3H,4-6H2. The molecule has 16 heavy (non-hydrogen) atoms. The summed E-state index contributed by atoms with van der Waals surface area (Å²) in [5, 5.41) is 0.341. The lowest BCUT2D eigenvalue weighted by atomic mass is 10.4. The van der Waals surface area contributed by atoms with Crippen LogP contribution < -0.4 is 0 Å². The summed E-state index contributed by atoms with van der Waals surface area (Å²) in [6, 6.07) is 4.69. The first-order valence-corrected chi connectivity index (χ1v) is 7.90. The average molecular weight is 298 g/mol. The van der Waals surface area contributed by atoms with E-state index in [0.29, 0.717) is 12.4 Å². The van der Waals surface area contributed by atoms with Crippen molar-refractivity contribution >= 4 is 45.0 Å². The molecule has 0 unspecified atom stereocenters. The lowest BCUT2D eigenvalue weighted by Gasteiger charge is -2.16. The molecular formula is C9H9Cl2NO2S2. The Labute approximate surface area is 109 Å². The molecule has 1 aromatic carbocycles. The van der Waals surface area contributed by atoms with Crippen molar-refractivity contribution in [3.05, 3.63) is 28.2 Å². The SMILES string of the molecule is O=S(=O)(c1c(Cl)cccc1Cl)N1CCSC1. The van der Waals surface area contributed by atoms with Gasteiger partial charge in [-0.1, -0.05) is 29.3 Å². The third-order valence-electron chi connectivity index (χ3n) is 2.24. The highest BCUT2D eigenvalue weighted by atomic mass is 35.5. The van der Waals surface area contributed by atoms with Gasteiger partial charge in [-0.2, -0.15) is 4.31 Å². The quantitative estimate of drug-likeness (QED) is 0.842. The molecule has 0 atom stereocenters. The minimum absolute atomic E-state index is 0.0147. The summed E-state index contributed by atoms with van der Waals surface area (Å²) < 4.78 is 25.8. The molecule has 0 amide bonds. The summed E-state index contributed by atoms with van der Waals surface area (Å²) in [5.41, 5.74) is 0. The highest BCUT2D eigenvalue weighted by Gasteiger charge is 2.31. The van der Waals surface area contributed by atoms with Crippen LogP contribution >= 0.6 is 35.0 Å². The first-order chi connectivity index (χ1) is 7.53. The highest BCUT2D eigenvalue weighted by molar-refractivity contribution is 8.00. The van der Waals surface area contributed by atoms with Crippen molar-refractivity contribution < 1.29 is 8.42 Å². The van der Waals surface area contributed by atoms with Crippen LogP contribution in [0.5, 0.6) is 0 Å². The van der Waals surface area contributed by atoms with E-state index in [2.05, 4.69) is 0 Å². The number of hydrogen-bond acceptors (Lipinski definition) is 3. The van der Waals surface area contributed by atoms with E-state index in [1.165, 1.54) is 16.4 Å². The minimum atomic E-state index is -3.55. The molecule has 1 aliphatic heterocycles. The molecule has 1 aromatic rings. The van der Waals surface area contributed by atoms with Crippen molar-refractivity contribution in [1.82, 2.24) is 4.31 Å². The first kappa shape index (κ1) is 12.5. The molecule has 1 saturated heterocycles. The fraction of sp³-hybridized carbons (Fsp3) is 0.333. The van der Waals surface area contributed by atoms with Crippen LogP contribution in [0.1, 0.15) is 0 Å². The van der Waals surface area contributed by atoms with E-state index < -0.39 is 10.0 Å². The molecule has 88 valence electrons. The Balaban J connectivity index is 2.50. The van der Waals surface area contributed by atoms with Gasteiger partial charge in [0.1, 0.15) is 4.90 Å². The average Bonchev–Trinajstić information content (AvgIpc) is 2.69. The summed E-state index contributed by atoms with van der Waals surface area (Å²) in [7, 11) is -3.55. The molecule has 0 bridgehead atoms. The number of sulfonamides is 1. The maximum atomic E-state index is 12.2. The van der Waals surface area contributed by atoms with Crippen LogP contribution in [-0.4, -0.2) is 30.9 Å². The molecule has 1 heterocycles. The molecule has 0 aliphatic carbocycles. The molecule has 0 N–H and O–H groups in total. The second-order valence-electron chi connectivity index (χ2n) is 3.27. The Morgan fingerprint density at radius 3 is 2.38 bits per heavy atom. The van der Waals surface area contributed by atoms with Crippen molar-refractivity contribution in [2.75, 3.05) is 18.2 Å². The summed E-state index contributed by atoms with van der Waals surface area (Å²) in [5.74, 6) is 1.27. The van der Waals surface area contributed by atoms with E-state index in [4.69, 9.17) is 23.2 Å². The van der Waals surface area contributed by atoms with Crippen molar-refractivity contribution in [1.29, 1.82) is 0 Å². The number of rotatable bonds is 2. The lowest BCUT2D eigenvalue weighted by Crippen LogP contribution is -2.28. The van der Waals surface area contributed by atoms with Crippen LogP contribution in [0.15, 0.2) is 23.1 Å². The molecule has 0 radical (unpaired) electrons. The van der Waals surface area contributed by atoms with E-state index in [0.717, 1.165) is 5.75 Å². The Morgan fingerprint density at radius 1 is 1.25 bits per heavy atom. The smallest absolute Gasteiger partial charge is 0.207 e. The minimum Gasteiger partial charge on any atom is -0.207 e. The molecule has 0 spiro atoms. The monoisotopic (exact) mass is 297 g/mol.